The number of piperidine rings is 1. The van der Waals surface area contributed by atoms with Crippen molar-refractivity contribution < 1.29 is 9.53 Å². The van der Waals surface area contributed by atoms with E-state index in [2.05, 4.69) is 4.90 Å². The Kier molecular flexibility index (Phi) is 2.74. The van der Waals surface area contributed by atoms with Gasteiger partial charge < -0.3 is 10.5 Å². The second-order valence-electron chi connectivity index (χ2n) is 4.40. The second-order valence-corrected chi connectivity index (χ2v) is 4.40. The Hall–Kier alpha value is -0.610. The summed E-state index contributed by atoms with van der Waals surface area (Å²) in [7, 11) is 1.45. The van der Waals surface area contributed by atoms with Crippen LogP contribution in [0.5, 0.6) is 0 Å². The molecule has 1 aliphatic carbocycles. The highest BCUT2D eigenvalue weighted by Crippen LogP contribution is 2.30. The average Bonchev–Trinajstić information content (AvgIpc) is 2.98. The van der Waals surface area contributed by atoms with Crippen molar-refractivity contribution in [3.05, 3.63) is 0 Å². The molecule has 2 atom stereocenters. The van der Waals surface area contributed by atoms with Crippen LogP contribution in [0.25, 0.3) is 0 Å². The van der Waals surface area contributed by atoms with E-state index < -0.39 is 0 Å². The first-order valence-corrected chi connectivity index (χ1v) is 5.28. The molecule has 2 N–H and O–H groups in total. The fourth-order valence-electron chi connectivity index (χ4n) is 2.25. The van der Waals surface area contributed by atoms with E-state index in [4.69, 9.17) is 10.5 Å². The smallest absolute Gasteiger partial charge is 0.310 e. The molecule has 1 heterocycles. The number of hydrogen-bond donors (Lipinski definition) is 1. The van der Waals surface area contributed by atoms with Crippen molar-refractivity contribution >= 4 is 5.97 Å². The molecule has 0 amide bonds. The quantitative estimate of drug-likeness (QED) is 0.633. The van der Waals surface area contributed by atoms with Crippen molar-refractivity contribution in [3.8, 4) is 0 Å². The minimum atomic E-state index is -0.106. The maximum absolute atomic E-state index is 11.4. The van der Waals surface area contributed by atoms with Crippen LogP contribution in [-0.2, 0) is 9.53 Å². The number of carbonyl (C=O) groups excluding carboxylic acids is 1. The summed E-state index contributed by atoms with van der Waals surface area (Å²) in [6.07, 6.45) is 3.30. The van der Waals surface area contributed by atoms with Crippen LogP contribution in [0.1, 0.15) is 19.3 Å². The summed E-state index contributed by atoms with van der Waals surface area (Å²) < 4.78 is 4.77. The molecule has 1 saturated heterocycles. The van der Waals surface area contributed by atoms with Crippen molar-refractivity contribution in [3.63, 3.8) is 0 Å². The second kappa shape index (κ2) is 3.87. The van der Waals surface area contributed by atoms with Crippen molar-refractivity contribution in [1.29, 1.82) is 0 Å². The highest BCUT2D eigenvalue weighted by atomic mass is 16.5. The fraction of sp³-hybridized carbons (Fsp3) is 0.900. The number of methoxy groups -OCH3 is 1. The van der Waals surface area contributed by atoms with Crippen LogP contribution < -0.4 is 5.73 Å². The van der Waals surface area contributed by atoms with Crippen LogP contribution in [0.2, 0.25) is 0 Å². The lowest BCUT2D eigenvalue weighted by atomic mass is 9.95. The molecule has 2 unspecified atom stereocenters. The van der Waals surface area contributed by atoms with Gasteiger partial charge in [-0.05, 0) is 19.3 Å². The van der Waals surface area contributed by atoms with E-state index in [0.29, 0.717) is 6.04 Å². The molecule has 0 aromatic rings. The minimum absolute atomic E-state index is 0.00986. The van der Waals surface area contributed by atoms with Gasteiger partial charge in [-0.3, -0.25) is 9.69 Å². The van der Waals surface area contributed by atoms with Gasteiger partial charge in [0.2, 0.25) is 0 Å². The molecule has 0 bridgehead atoms. The number of nitrogens with two attached hydrogens (primary N) is 1. The Balaban J connectivity index is 1.94. The van der Waals surface area contributed by atoms with E-state index >= 15 is 0 Å². The standard InChI is InChI=1S/C10H18N2O2/c1-14-10(13)7-4-8(11)6-12(5-7)9-2-3-9/h7-9H,2-6,11H2,1H3. The largest absolute Gasteiger partial charge is 0.469 e. The molecule has 2 fully saturated rings. The number of nitrogens with zero attached hydrogens (tertiary/aromatic N) is 1. The van der Waals surface area contributed by atoms with Gasteiger partial charge in [-0.1, -0.05) is 0 Å². The molecule has 0 spiro atoms. The maximum Gasteiger partial charge on any atom is 0.310 e. The van der Waals surface area contributed by atoms with Gasteiger partial charge in [0.15, 0.2) is 0 Å². The summed E-state index contributed by atoms with van der Waals surface area (Å²) in [5, 5.41) is 0. The van der Waals surface area contributed by atoms with Crippen LogP contribution >= 0.6 is 0 Å². The van der Waals surface area contributed by atoms with Gasteiger partial charge in [0, 0.05) is 25.2 Å². The van der Waals surface area contributed by atoms with Gasteiger partial charge >= 0.3 is 5.97 Å². The lowest BCUT2D eigenvalue weighted by molar-refractivity contribution is -0.147. The number of carbonyl (C=O) groups is 1. The molecule has 2 aliphatic rings. The summed E-state index contributed by atoms with van der Waals surface area (Å²) >= 11 is 0. The van der Waals surface area contributed by atoms with Crippen LogP contribution in [0, 0.1) is 5.92 Å². The van der Waals surface area contributed by atoms with Crippen molar-refractivity contribution in [2.75, 3.05) is 20.2 Å². The lowest BCUT2D eigenvalue weighted by Crippen LogP contribution is -2.50. The van der Waals surface area contributed by atoms with Gasteiger partial charge in [0.25, 0.3) is 0 Å². The number of hydrogen-bond acceptors (Lipinski definition) is 4. The number of esters is 1. The van der Waals surface area contributed by atoms with E-state index in [0.717, 1.165) is 19.5 Å². The van der Waals surface area contributed by atoms with Gasteiger partial charge in [-0.2, -0.15) is 0 Å². The van der Waals surface area contributed by atoms with E-state index in [1.165, 1.54) is 20.0 Å². The zero-order valence-electron chi connectivity index (χ0n) is 8.61. The van der Waals surface area contributed by atoms with E-state index in [-0.39, 0.29) is 17.9 Å². The van der Waals surface area contributed by atoms with Crippen molar-refractivity contribution in [2.24, 2.45) is 11.7 Å². The van der Waals surface area contributed by atoms with E-state index in [1.54, 1.807) is 0 Å². The highest BCUT2D eigenvalue weighted by molar-refractivity contribution is 5.72. The molecular formula is C10H18N2O2. The molecule has 0 aromatic carbocycles. The molecular weight excluding hydrogens is 180 g/mol. The molecule has 4 heteroatoms. The third-order valence-electron chi connectivity index (χ3n) is 3.11. The SMILES string of the molecule is COC(=O)C1CC(N)CN(C2CC2)C1. The first-order valence-electron chi connectivity index (χ1n) is 5.28. The van der Waals surface area contributed by atoms with Gasteiger partial charge in [0.1, 0.15) is 0 Å². The van der Waals surface area contributed by atoms with Crippen molar-refractivity contribution in [2.45, 2.75) is 31.3 Å². The minimum Gasteiger partial charge on any atom is -0.469 e. The normalized spacial score (nSPS) is 34.1. The number of ether oxygens (including phenoxy) is 1. The predicted octanol–water partition coefficient (Wildman–Crippen LogP) is -0.0290. The Bertz CT molecular complexity index is 228. The van der Waals surface area contributed by atoms with Gasteiger partial charge in [-0.15, -0.1) is 0 Å². The van der Waals surface area contributed by atoms with Crippen molar-refractivity contribution in [1.82, 2.24) is 4.90 Å². The molecule has 1 aliphatic heterocycles. The summed E-state index contributed by atoms with van der Waals surface area (Å²) in [6.45, 7) is 1.78. The molecule has 4 nitrogen and oxygen atoms in total. The van der Waals surface area contributed by atoms with Crippen LogP contribution in [0.15, 0.2) is 0 Å². The summed E-state index contributed by atoms with van der Waals surface area (Å²) in [5.41, 5.74) is 5.92. The molecule has 14 heavy (non-hydrogen) atoms. The Labute approximate surface area is 84.4 Å². The van der Waals surface area contributed by atoms with E-state index in [1.807, 2.05) is 0 Å². The molecule has 0 radical (unpaired) electrons. The zero-order valence-corrected chi connectivity index (χ0v) is 8.61. The first kappa shape index (κ1) is 9.93. The summed E-state index contributed by atoms with van der Waals surface area (Å²) in [5.74, 6) is -0.116. The van der Waals surface area contributed by atoms with Crippen LogP contribution in [-0.4, -0.2) is 43.2 Å². The summed E-state index contributed by atoms with van der Waals surface area (Å²) in [4.78, 5) is 13.7. The van der Waals surface area contributed by atoms with Crippen LogP contribution in [0.3, 0.4) is 0 Å². The Morgan fingerprint density at radius 2 is 2.14 bits per heavy atom. The molecule has 0 aromatic heterocycles. The number of likely N-dealkylation sites (tertiary alicyclic amines) is 1. The van der Waals surface area contributed by atoms with Crippen LogP contribution in [0.4, 0.5) is 0 Å². The highest BCUT2D eigenvalue weighted by Gasteiger charge is 2.37. The lowest BCUT2D eigenvalue weighted by Gasteiger charge is -2.35. The summed E-state index contributed by atoms with van der Waals surface area (Å²) in [6, 6.07) is 0.821. The molecule has 80 valence electrons. The zero-order chi connectivity index (χ0) is 10.1. The van der Waals surface area contributed by atoms with Gasteiger partial charge in [0.05, 0.1) is 13.0 Å². The Morgan fingerprint density at radius 1 is 1.43 bits per heavy atom. The third-order valence-corrected chi connectivity index (χ3v) is 3.11. The maximum atomic E-state index is 11.4. The Morgan fingerprint density at radius 3 is 2.71 bits per heavy atom. The predicted molar refractivity (Wildman–Crippen MR) is 52.7 cm³/mol. The molecule has 1 saturated carbocycles. The van der Waals surface area contributed by atoms with Gasteiger partial charge in [-0.25, -0.2) is 0 Å². The fourth-order valence-corrected chi connectivity index (χ4v) is 2.25. The first-order chi connectivity index (χ1) is 6.70. The van der Waals surface area contributed by atoms with E-state index in [9.17, 15) is 4.79 Å². The molecule has 2 rings (SSSR count). The third kappa shape index (κ3) is 2.07. The average molecular weight is 198 g/mol. The topological polar surface area (TPSA) is 55.6 Å². The monoisotopic (exact) mass is 198 g/mol. The number of rotatable bonds is 2.